The molecule has 1 aliphatic heterocycles. The number of carbonyl (C=O) groups is 1. The second kappa shape index (κ2) is 8.38. The first-order valence-corrected chi connectivity index (χ1v) is 9.46. The number of nitrogens with one attached hydrogen (secondary N) is 1. The van der Waals surface area contributed by atoms with Crippen molar-refractivity contribution in [3.63, 3.8) is 0 Å². The number of thioether (sulfide) groups is 1. The van der Waals surface area contributed by atoms with Gasteiger partial charge in [-0.1, -0.05) is 6.92 Å². The summed E-state index contributed by atoms with van der Waals surface area (Å²) in [6.07, 6.45) is 7.67. The molecule has 0 bridgehead atoms. The summed E-state index contributed by atoms with van der Waals surface area (Å²) in [4.78, 5) is 30.5. The lowest BCUT2D eigenvalue weighted by Crippen LogP contribution is -2.46. The first kappa shape index (κ1) is 17.8. The third-order valence-corrected chi connectivity index (χ3v) is 5.24. The van der Waals surface area contributed by atoms with Crippen LogP contribution in [0.1, 0.15) is 33.1 Å². The van der Waals surface area contributed by atoms with Crippen molar-refractivity contribution in [2.24, 2.45) is 0 Å². The first-order valence-electron chi connectivity index (χ1n) is 8.17. The molecular formula is C16H26N4O2S. The van der Waals surface area contributed by atoms with Gasteiger partial charge in [-0.2, -0.15) is 11.8 Å². The molecule has 128 valence electrons. The minimum absolute atomic E-state index is 0.0359. The molecule has 1 N–H and O–H groups in total. The van der Waals surface area contributed by atoms with Gasteiger partial charge in [0.05, 0.1) is 0 Å². The zero-order valence-electron chi connectivity index (χ0n) is 14.1. The number of amides is 1. The maximum Gasteiger partial charge on any atom is 0.293 e. The lowest BCUT2D eigenvalue weighted by atomic mass is 10.0. The number of aromatic nitrogens is 2. The van der Waals surface area contributed by atoms with Crippen molar-refractivity contribution < 1.29 is 4.79 Å². The van der Waals surface area contributed by atoms with E-state index in [0.717, 1.165) is 25.9 Å². The molecule has 6 nitrogen and oxygen atoms in total. The summed E-state index contributed by atoms with van der Waals surface area (Å²) in [6, 6.07) is 0.199. The van der Waals surface area contributed by atoms with E-state index in [9.17, 15) is 9.59 Å². The van der Waals surface area contributed by atoms with Gasteiger partial charge in [-0.15, -0.1) is 0 Å². The SMILES string of the molecule is CCn1ccnc(N2CCC(NC(=O)CC(C)SC)CC2)c1=O. The fourth-order valence-electron chi connectivity index (χ4n) is 2.77. The van der Waals surface area contributed by atoms with Crippen LogP contribution in [0.2, 0.25) is 0 Å². The predicted molar refractivity (Wildman–Crippen MR) is 95.1 cm³/mol. The molecule has 0 radical (unpaired) electrons. The highest BCUT2D eigenvalue weighted by Gasteiger charge is 2.23. The number of nitrogens with zero attached hydrogens (tertiary/aromatic N) is 3. The highest BCUT2D eigenvalue weighted by Crippen LogP contribution is 2.16. The van der Waals surface area contributed by atoms with Crippen LogP contribution < -0.4 is 15.8 Å². The van der Waals surface area contributed by atoms with Crippen molar-refractivity contribution in [1.29, 1.82) is 0 Å². The van der Waals surface area contributed by atoms with E-state index in [1.807, 2.05) is 18.1 Å². The summed E-state index contributed by atoms with van der Waals surface area (Å²) >= 11 is 1.70. The van der Waals surface area contributed by atoms with Crippen molar-refractivity contribution in [2.45, 2.75) is 50.9 Å². The molecule has 0 saturated carbocycles. The Labute approximate surface area is 141 Å². The van der Waals surface area contributed by atoms with Crippen LogP contribution in [0.5, 0.6) is 0 Å². The Morgan fingerprint density at radius 1 is 1.48 bits per heavy atom. The summed E-state index contributed by atoms with van der Waals surface area (Å²) in [5, 5.41) is 3.45. The highest BCUT2D eigenvalue weighted by atomic mass is 32.2. The average molecular weight is 338 g/mol. The van der Waals surface area contributed by atoms with E-state index < -0.39 is 0 Å². The maximum absolute atomic E-state index is 12.3. The molecule has 2 rings (SSSR count). The molecule has 1 amide bonds. The van der Waals surface area contributed by atoms with E-state index >= 15 is 0 Å². The van der Waals surface area contributed by atoms with E-state index in [2.05, 4.69) is 17.2 Å². The van der Waals surface area contributed by atoms with Gasteiger partial charge in [0.1, 0.15) is 0 Å². The van der Waals surface area contributed by atoms with Gasteiger partial charge >= 0.3 is 0 Å². The smallest absolute Gasteiger partial charge is 0.293 e. The average Bonchev–Trinajstić information content (AvgIpc) is 2.55. The van der Waals surface area contributed by atoms with Crippen molar-refractivity contribution in [1.82, 2.24) is 14.9 Å². The van der Waals surface area contributed by atoms with Crippen molar-refractivity contribution >= 4 is 23.5 Å². The normalized spacial score (nSPS) is 17.1. The number of hydrogen-bond donors (Lipinski definition) is 1. The van der Waals surface area contributed by atoms with Crippen LogP contribution in [0.25, 0.3) is 0 Å². The molecule has 1 fully saturated rings. The summed E-state index contributed by atoms with van der Waals surface area (Å²) in [6.45, 7) is 6.15. The predicted octanol–water partition coefficient (Wildman–Crippen LogP) is 1.49. The van der Waals surface area contributed by atoms with Gasteiger partial charge in [0, 0.05) is 49.7 Å². The Hall–Kier alpha value is -1.50. The molecule has 7 heteroatoms. The van der Waals surface area contributed by atoms with Gasteiger partial charge in [-0.3, -0.25) is 9.59 Å². The van der Waals surface area contributed by atoms with Crippen molar-refractivity contribution in [3.8, 4) is 0 Å². The van der Waals surface area contributed by atoms with Crippen molar-refractivity contribution in [2.75, 3.05) is 24.2 Å². The molecule has 1 atom stereocenters. The summed E-state index contributed by atoms with van der Waals surface area (Å²) in [5.41, 5.74) is -0.0359. The zero-order valence-corrected chi connectivity index (χ0v) is 14.9. The van der Waals surface area contributed by atoms with Gasteiger partial charge in [-0.05, 0) is 26.0 Å². The number of carbonyl (C=O) groups excluding carboxylic acids is 1. The standard InChI is InChI=1S/C16H26N4O2S/c1-4-19-10-7-17-15(16(19)22)20-8-5-13(6-9-20)18-14(21)11-12(2)23-3/h7,10,12-13H,4-6,8-9,11H2,1-3H3,(H,18,21). The fraction of sp³-hybridized carbons (Fsp3) is 0.688. The Morgan fingerprint density at radius 2 is 2.17 bits per heavy atom. The van der Waals surface area contributed by atoms with Crippen LogP contribution in [0.4, 0.5) is 5.82 Å². The van der Waals surface area contributed by atoms with Crippen LogP contribution in [-0.2, 0) is 11.3 Å². The van der Waals surface area contributed by atoms with Gasteiger partial charge in [0.15, 0.2) is 5.82 Å². The van der Waals surface area contributed by atoms with Crippen LogP contribution in [0, 0.1) is 0 Å². The second-order valence-electron chi connectivity index (χ2n) is 5.92. The molecule has 1 saturated heterocycles. The van der Waals surface area contributed by atoms with Gasteiger partial charge in [0.25, 0.3) is 5.56 Å². The molecule has 1 unspecified atom stereocenters. The summed E-state index contributed by atoms with van der Waals surface area (Å²) in [7, 11) is 0. The zero-order chi connectivity index (χ0) is 16.8. The molecule has 0 aromatic carbocycles. The quantitative estimate of drug-likeness (QED) is 0.851. The maximum atomic E-state index is 12.3. The minimum Gasteiger partial charge on any atom is -0.353 e. The number of rotatable bonds is 6. The number of hydrogen-bond acceptors (Lipinski definition) is 5. The number of anilines is 1. The summed E-state index contributed by atoms with van der Waals surface area (Å²) in [5.74, 6) is 0.645. The third-order valence-electron chi connectivity index (χ3n) is 4.27. The molecule has 1 aromatic heterocycles. The molecule has 2 heterocycles. The number of piperidine rings is 1. The lowest BCUT2D eigenvalue weighted by molar-refractivity contribution is -0.121. The Bertz CT molecular complexity index is 582. The van der Waals surface area contributed by atoms with E-state index in [0.29, 0.717) is 24.0 Å². The molecule has 1 aliphatic rings. The minimum atomic E-state index is -0.0359. The van der Waals surface area contributed by atoms with Crippen LogP contribution >= 0.6 is 11.8 Å². The molecule has 0 spiro atoms. The van der Waals surface area contributed by atoms with E-state index in [1.54, 1.807) is 28.7 Å². The topological polar surface area (TPSA) is 67.2 Å². The van der Waals surface area contributed by atoms with E-state index in [1.165, 1.54) is 0 Å². The molecule has 23 heavy (non-hydrogen) atoms. The number of aryl methyl sites for hydroxylation is 1. The Balaban J connectivity index is 1.89. The van der Waals surface area contributed by atoms with E-state index in [4.69, 9.17) is 0 Å². The third kappa shape index (κ3) is 4.73. The lowest BCUT2D eigenvalue weighted by Gasteiger charge is -2.33. The highest BCUT2D eigenvalue weighted by molar-refractivity contribution is 7.99. The van der Waals surface area contributed by atoms with E-state index in [-0.39, 0.29) is 17.5 Å². The molecule has 1 aromatic rings. The second-order valence-corrected chi connectivity index (χ2v) is 7.20. The summed E-state index contributed by atoms with van der Waals surface area (Å²) < 4.78 is 1.67. The van der Waals surface area contributed by atoms with Crippen LogP contribution in [-0.4, -0.2) is 46.1 Å². The Kier molecular flexibility index (Phi) is 6.50. The van der Waals surface area contributed by atoms with Gasteiger partial charge in [-0.25, -0.2) is 4.98 Å². The van der Waals surface area contributed by atoms with Crippen LogP contribution in [0.3, 0.4) is 0 Å². The van der Waals surface area contributed by atoms with Gasteiger partial charge in [0.2, 0.25) is 5.91 Å². The van der Waals surface area contributed by atoms with Crippen molar-refractivity contribution in [3.05, 3.63) is 22.7 Å². The molecular weight excluding hydrogens is 312 g/mol. The fourth-order valence-corrected chi connectivity index (χ4v) is 3.09. The van der Waals surface area contributed by atoms with Gasteiger partial charge < -0.3 is 14.8 Å². The first-order chi connectivity index (χ1) is 11.0. The molecule has 0 aliphatic carbocycles. The Morgan fingerprint density at radius 3 is 2.78 bits per heavy atom. The van der Waals surface area contributed by atoms with Crippen LogP contribution in [0.15, 0.2) is 17.2 Å². The largest absolute Gasteiger partial charge is 0.353 e. The monoisotopic (exact) mass is 338 g/mol.